The van der Waals surface area contributed by atoms with Gasteiger partial charge in [-0.3, -0.25) is 13.9 Å². The summed E-state index contributed by atoms with van der Waals surface area (Å²) in [4.78, 5) is 27.9. The third-order valence-corrected chi connectivity index (χ3v) is 8.15. The van der Waals surface area contributed by atoms with Gasteiger partial charge in [0.25, 0.3) is 10.0 Å². The fourth-order valence-electron chi connectivity index (χ4n) is 3.77. The van der Waals surface area contributed by atoms with Crippen LogP contribution in [0.15, 0.2) is 77.7 Å². The Morgan fingerprint density at radius 2 is 1.68 bits per heavy atom. The molecule has 0 heterocycles. The number of hydrogen-bond donors (Lipinski definition) is 1. The Balaban J connectivity index is 2.04. The number of anilines is 1. The largest absolute Gasteiger partial charge is 0.355 e. The molecule has 1 atom stereocenters. The van der Waals surface area contributed by atoms with E-state index in [0.717, 1.165) is 9.87 Å². The normalized spacial score (nSPS) is 12.0. The minimum Gasteiger partial charge on any atom is -0.355 e. The number of sulfonamides is 1. The number of benzene rings is 3. The lowest BCUT2D eigenvalue weighted by Gasteiger charge is -2.32. The van der Waals surface area contributed by atoms with Crippen molar-refractivity contribution in [1.82, 2.24) is 10.2 Å². The van der Waals surface area contributed by atoms with Crippen LogP contribution in [-0.2, 0) is 26.2 Å². The number of amides is 2. The Hall–Kier alpha value is -3.07. The van der Waals surface area contributed by atoms with E-state index in [0.29, 0.717) is 27.8 Å². The number of nitrogens with zero attached hydrogens (tertiary/aromatic N) is 2. The molecule has 2 amide bonds. The van der Waals surface area contributed by atoms with Crippen molar-refractivity contribution in [2.75, 3.05) is 17.4 Å². The predicted molar refractivity (Wildman–Crippen MR) is 147 cm³/mol. The van der Waals surface area contributed by atoms with Gasteiger partial charge in [-0.2, -0.15) is 0 Å². The van der Waals surface area contributed by atoms with Gasteiger partial charge in [0.15, 0.2) is 0 Å². The van der Waals surface area contributed by atoms with Gasteiger partial charge in [0.2, 0.25) is 11.8 Å². The molecule has 3 aromatic carbocycles. The highest BCUT2D eigenvalue weighted by atomic mass is 35.5. The van der Waals surface area contributed by atoms with E-state index in [4.69, 9.17) is 23.2 Å². The summed E-state index contributed by atoms with van der Waals surface area (Å²) in [5.74, 6) is -0.931. The molecule has 0 aromatic heterocycles. The molecular formula is C27H29Cl2N3O4S. The maximum Gasteiger partial charge on any atom is 0.264 e. The number of rotatable bonds is 10. The van der Waals surface area contributed by atoms with Gasteiger partial charge in [0.1, 0.15) is 12.6 Å². The lowest BCUT2D eigenvalue weighted by molar-refractivity contribution is -0.139. The maximum atomic E-state index is 13.8. The molecular weight excluding hydrogens is 533 g/mol. The van der Waals surface area contributed by atoms with Crippen LogP contribution in [0, 0.1) is 6.92 Å². The monoisotopic (exact) mass is 561 g/mol. The Labute approximate surface area is 228 Å². The maximum absolute atomic E-state index is 13.8. The van der Waals surface area contributed by atoms with E-state index < -0.39 is 28.5 Å². The quantitative estimate of drug-likeness (QED) is 0.375. The fraction of sp³-hybridized carbons (Fsp3) is 0.259. The van der Waals surface area contributed by atoms with E-state index in [9.17, 15) is 18.0 Å². The van der Waals surface area contributed by atoms with Crippen molar-refractivity contribution in [3.8, 4) is 0 Å². The molecule has 0 saturated heterocycles. The molecule has 0 radical (unpaired) electrons. The fourth-order valence-corrected chi connectivity index (χ4v) is 5.66. The molecule has 0 bridgehead atoms. The molecule has 37 heavy (non-hydrogen) atoms. The first kappa shape index (κ1) is 28.5. The summed E-state index contributed by atoms with van der Waals surface area (Å²) in [7, 11) is -4.10. The highest BCUT2D eigenvalue weighted by molar-refractivity contribution is 7.92. The van der Waals surface area contributed by atoms with Crippen LogP contribution in [-0.4, -0.2) is 44.3 Å². The predicted octanol–water partition coefficient (Wildman–Crippen LogP) is 5.05. The molecule has 0 aliphatic heterocycles. The second kappa shape index (κ2) is 12.4. The summed E-state index contributed by atoms with van der Waals surface area (Å²) in [5, 5.41) is 3.49. The van der Waals surface area contributed by atoms with Gasteiger partial charge < -0.3 is 10.2 Å². The second-order valence-corrected chi connectivity index (χ2v) is 11.2. The highest BCUT2D eigenvalue weighted by Crippen LogP contribution is 2.27. The first-order valence-corrected chi connectivity index (χ1v) is 13.9. The van der Waals surface area contributed by atoms with E-state index in [1.807, 2.05) is 13.0 Å². The Bertz CT molecular complexity index is 1370. The van der Waals surface area contributed by atoms with E-state index >= 15 is 0 Å². The zero-order chi connectivity index (χ0) is 27.2. The first-order chi connectivity index (χ1) is 17.5. The number of carbonyl (C=O) groups excluding carboxylic acids is 2. The van der Waals surface area contributed by atoms with Crippen LogP contribution in [0.2, 0.25) is 10.0 Å². The molecule has 0 aliphatic rings. The number of halogens is 2. The average Bonchev–Trinajstić information content (AvgIpc) is 2.87. The number of aryl methyl sites for hydroxylation is 1. The van der Waals surface area contributed by atoms with Gasteiger partial charge in [0, 0.05) is 23.1 Å². The summed E-state index contributed by atoms with van der Waals surface area (Å²) in [6.45, 7) is 5.05. The van der Waals surface area contributed by atoms with Gasteiger partial charge >= 0.3 is 0 Å². The van der Waals surface area contributed by atoms with Gasteiger partial charge in [-0.05, 0) is 68.3 Å². The van der Waals surface area contributed by atoms with E-state index in [-0.39, 0.29) is 17.3 Å². The molecule has 0 fully saturated rings. The minimum atomic E-state index is -4.10. The van der Waals surface area contributed by atoms with Gasteiger partial charge in [-0.25, -0.2) is 8.42 Å². The third-order valence-electron chi connectivity index (χ3n) is 5.77. The highest BCUT2D eigenvalue weighted by Gasteiger charge is 2.32. The standard InChI is InChI=1S/C27H29Cl2N3O4S/c1-4-30-27(34)20(3)31(17-21-13-14-22(28)16-25(21)29)26(33)18-32(23-10-8-9-19(2)15-23)37(35,36)24-11-6-5-7-12-24/h5-16,20H,4,17-18H2,1-3H3,(H,30,34)/t20-/m1/s1. The SMILES string of the molecule is CCNC(=O)[C@@H](C)N(Cc1ccc(Cl)cc1Cl)C(=O)CN(c1cccc(C)c1)S(=O)(=O)c1ccccc1. The minimum absolute atomic E-state index is 0.0137. The van der Waals surface area contributed by atoms with Crippen LogP contribution < -0.4 is 9.62 Å². The summed E-state index contributed by atoms with van der Waals surface area (Å²) in [6, 6.07) is 18.8. The second-order valence-electron chi connectivity index (χ2n) is 8.49. The molecule has 1 N–H and O–H groups in total. The smallest absolute Gasteiger partial charge is 0.264 e. The Kier molecular flexibility index (Phi) is 9.59. The van der Waals surface area contributed by atoms with Crippen molar-refractivity contribution in [2.24, 2.45) is 0 Å². The molecule has 0 spiro atoms. The average molecular weight is 563 g/mol. The lowest BCUT2D eigenvalue weighted by atomic mass is 10.1. The van der Waals surface area contributed by atoms with Crippen LogP contribution in [0.25, 0.3) is 0 Å². The number of nitrogens with one attached hydrogen (secondary N) is 1. The first-order valence-electron chi connectivity index (χ1n) is 11.7. The number of likely N-dealkylation sites (N-methyl/N-ethyl adjacent to an activating group) is 1. The molecule has 3 aromatic rings. The van der Waals surface area contributed by atoms with Crippen molar-refractivity contribution < 1.29 is 18.0 Å². The zero-order valence-corrected chi connectivity index (χ0v) is 23.1. The van der Waals surface area contributed by atoms with E-state index in [2.05, 4.69) is 5.32 Å². The molecule has 0 aliphatic carbocycles. The Morgan fingerprint density at radius 1 is 0.973 bits per heavy atom. The van der Waals surface area contributed by atoms with Gasteiger partial charge in [-0.15, -0.1) is 0 Å². The molecule has 3 rings (SSSR count). The molecule has 196 valence electrons. The van der Waals surface area contributed by atoms with Crippen molar-refractivity contribution >= 4 is 50.7 Å². The zero-order valence-electron chi connectivity index (χ0n) is 20.8. The Morgan fingerprint density at radius 3 is 2.30 bits per heavy atom. The number of carbonyl (C=O) groups is 2. The van der Waals surface area contributed by atoms with Crippen molar-refractivity contribution in [2.45, 2.75) is 38.3 Å². The van der Waals surface area contributed by atoms with Crippen LogP contribution in [0.1, 0.15) is 25.0 Å². The topological polar surface area (TPSA) is 86.8 Å². The van der Waals surface area contributed by atoms with Crippen molar-refractivity contribution in [1.29, 1.82) is 0 Å². The van der Waals surface area contributed by atoms with Crippen LogP contribution >= 0.6 is 23.2 Å². The van der Waals surface area contributed by atoms with Crippen molar-refractivity contribution in [3.05, 3.63) is 94.0 Å². The van der Waals surface area contributed by atoms with Gasteiger partial charge in [-0.1, -0.05) is 59.6 Å². The van der Waals surface area contributed by atoms with Crippen LogP contribution in [0.5, 0.6) is 0 Å². The molecule has 10 heteroatoms. The number of hydrogen-bond acceptors (Lipinski definition) is 4. The molecule has 0 saturated carbocycles. The molecule has 7 nitrogen and oxygen atoms in total. The summed E-state index contributed by atoms with van der Waals surface area (Å²) < 4.78 is 28.5. The van der Waals surface area contributed by atoms with Gasteiger partial charge in [0.05, 0.1) is 10.6 Å². The third kappa shape index (κ3) is 7.03. The van der Waals surface area contributed by atoms with Crippen molar-refractivity contribution in [3.63, 3.8) is 0 Å². The van der Waals surface area contributed by atoms with E-state index in [1.165, 1.54) is 17.0 Å². The van der Waals surface area contributed by atoms with Crippen LogP contribution in [0.4, 0.5) is 5.69 Å². The van der Waals surface area contributed by atoms with Crippen LogP contribution in [0.3, 0.4) is 0 Å². The lowest BCUT2D eigenvalue weighted by Crippen LogP contribution is -2.51. The molecule has 0 unspecified atom stereocenters. The summed E-state index contributed by atoms with van der Waals surface area (Å²) in [6.07, 6.45) is 0. The van der Waals surface area contributed by atoms with E-state index in [1.54, 1.807) is 68.4 Å². The summed E-state index contributed by atoms with van der Waals surface area (Å²) >= 11 is 12.4. The summed E-state index contributed by atoms with van der Waals surface area (Å²) in [5.41, 5.74) is 1.75.